The summed E-state index contributed by atoms with van der Waals surface area (Å²) in [4.78, 5) is 15.4. The van der Waals surface area contributed by atoms with Crippen molar-refractivity contribution in [1.82, 2.24) is 4.98 Å². The van der Waals surface area contributed by atoms with E-state index < -0.39 is 5.97 Å². The number of carbonyl (C=O) groups excluding carboxylic acids is 1. The van der Waals surface area contributed by atoms with Crippen molar-refractivity contribution in [3.63, 3.8) is 0 Å². The van der Waals surface area contributed by atoms with Crippen molar-refractivity contribution in [3.8, 4) is 0 Å². The zero-order valence-electron chi connectivity index (χ0n) is 6.03. The van der Waals surface area contributed by atoms with Gasteiger partial charge >= 0.3 is 5.97 Å². The fourth-order valence-corrected chi connectivity index (χ4v) is 1.17. The maximum absolute atomic E-state index is 10.9. The van der Waals surface area contributed by atoms with Gasteiger partial charge in [0.25, 0.3) is 0 Å². The van der Waals surface area contributed by atoms with Gasteiger partial charge in [-0.25, -0.2) is 4.79 Å². The maximum Gasteiger partial charge on any atom is 0.338 e. The van der Waals surface area contributed by atoms with E-state index in [1.54, 1.807) is 11.7 Å². The van der Waals surface area contributed by atoms with Gasteiger partial charge in [0, 0.05) is 6.20 Å². The van der Waals surface area contributed by atoms with E-state index in [1.165, 1.54) is 18.4 Å². The van der Waals surface area contributed by atoms with Gasteiger partial charge in [0.1, 0.15) is 0 Å². The van der Waals surface area contributed by atoms with Gasteiger partial charge < -0.3 is 4.74 Å². The van der Waals surface area contributed by atoms with E-state index in [9.17, 15) is 4.79 Å². The summed E-state index contributed by atoms with van der Waals surface area (Å²) in [5, 5.41) is 0. The minimum atomic E-state index is -0.408. The van der Waals surface area contributed by atoms with Crippen molar-refractivity contribution in [1.29, 1.82) is 0 Å². The van der Waals surface area contributed by atoms with Crippen molar-refractivity contribution in [2.75, 3.05) is 7.11 Å². The Labute approximate surface area is 68.3 Å². The molecule has 0 aliphatic heterocycles. The summed E-state index contributed by atoms with van der Waals surface area (Å²) >= 11 is 1.36. The largest absolute Gasteiger partial charge is 0.465 e. The number of rotatable bonds is 2. The SMILES string of the molecule is C=C(C(=O)OC)c1cncs1. The highest BCUT2D eigenvalue weighted by Crippen LogP contribution is 2.16. The molecule has 0 spiro atoms. The molecule has 0 aromatic carbocycles. The fraction of sp³-hybridized carbons (Fsp3) is 0.143. The second-order valence-corrected chi connectivity index (χ2v) is 2.72. The van der Waals surface area contributed by atoms with E-state index in [0.29, 0.717) is 5.57 Å². The number of carbonyl (C=O) groups is 1. The Morgan fingerprint density at radius 3 is 3.00 bits per heavy atom. The van der Waals surface area contributed by atoms with Crippen LogP contribution in [0.3, 0.4) is 0 Å². The lowest BCUT2D eigenvalue weighted by atomic mass is 10.3. The second kappa shape index (κ2) is 3.30. The van der Waals surface area contributed by atoms with Crippen molar-refractivity contribution in [2.45, 2.75) is 0 Å². The Morgan fingerprint density at radius 1 is 1.82 bits per heavy atom. The van der Waals surface area contributed by atoms with Crippen LogP contribution in [0.15, 0.2) is 18.3 Å². The average Bonchev–Trinajstić information content (AvgIpc) is 2.53. The highest BCUT2D eigenvalue weighted by molar-refractivity contribution is 7.11. The zero-order chi connectivity index (χ0) is 8.27. The first-order valence-corrected chi connectivity index (χ1v) is 3.79. The molecule has 0 N–H and O–H groups in total. The second-order valence-electron chi connectivity index (χ2n) is 1.84. The molecule has 1 heterocycles. The van der Waals surface area contributed by atoms with E-state index in [-0.39, 0.29) is 0 Å². The molecule has 0 amide bonds. The molecular formula is C7H7NO2S. The topological polar surface area (TPSA) is 39.2 Å². The first-order valence-electron chi connectivity index (χ1n) is 2.91. The summed E-state index contributed by atoms with van der Waals surface area (Å²) in [6, 6.07) is 0. The molecule has 1 aromatic rings. The van der Waals surface area contributed by atoms with Crippen molar-refractivity contribution >= 4 is 22.9 Å². The summed E-state index contributed by atoms with van der Waals surface area (Å²) in [6.07, 6.45) is 1.59. The lowest BCUT2D eigenvalue weighted by Gasteiger charge is -1.97. The van der Waals surface area contributed by atoms with Crippen LogP contribution in [-0.2, 0) is 9.53 Å². The van der Waals surface area contributed by atoms with E-state index in [2.05, 4.69) is 16.3 Å². The van der Waals surface area contributed by atoms with Crippen LogP contribution in [0.1, 0.15) is 4.88 Å². The van der Waals surface area contributed by atoms with E-state index in [1.807, 2.05) is 0 Å². The van der Waals surface area contributed by atoms with Gasteiger partial charge in [-0.2, -0.15) is 0 Å². The molecule has 1 rings (SSSR count). The van der Waals surface area contributed by atoms with Crippen LogP contribution in [0.4, 0.5) is 0 Å². The number of ether oxygens (including phenoxy) is 1. The van der Waals surface area contributed by atoms with Crippen molar-refractivity contribution < 1.29 is 9.53 Å². The van der Waals surface area contributed by atoms with Crippen LogP contribution in [0.2, 0.25) is 0 Å². The summed E-state index contributed by atoms with van der Waals surface area (Å²) < 4.78 is 4.48. The van der Waals surface area contributed by atoms with Crippen molar-refractivity contribution in [2.24, 2.45) is 0 Å². The Balaban J connectivity index is 2.79. The quantitative estimate of drug-likeness (QED) is 0.495. The normalized spacial score (nSPS) is 9.18. The van der Waals surface area contributed by atoms with Crippen LogP contribution >= 0.6 is 11.3 Å². The molecule has 0 fully saturated rings. The zero-order valence-corrected chi connectivity index (χ0v) is 6.85. The highest BCUT2D eigenvalue weighted by atomic mass is 32.1. The maximum atomic E-state index is 10.9. The van der Waals surface area contributed by atoms with Gasteiger partial charge in [0.2, 0.25) is 0 Å². The number of hydrogen-bond acceptors (Lipinski definition) is 4. The number of esters is 1. The standard InChI is InChI=1S/C7H7NO2S/c1-5(7(9)10-2)6-3-8-4-11-6/h3-4H,1H2,2H3. The Kier molecular flexibility index (Phi) is 2.38. The van der Waals surface area contributed by atoms with Gasteiger partial charge in [0.05, 0.1) is 23.1 Å². The van der Waals surface area contributed by atoms with Crippen LogP contribution in [0.25, 0.3) is 5.57 Å². The summed E-state index contributed by atoms with van der Waals surface area (Å²) in [5.41, 5.74) is 2.00. The molecule has 3 nitrogen and oxygen atoms in total. The Hall–Kier alpha value is -1.16. The van der Waals surface area contributed by atoms with Gasteiger partial charge in [-0.15, -0.1) is 11.3 Å². The molecule has 0 aliphatic carbocycles. The van der Waals surface area contributed by atoms with Crippen LogP contribution in [-0.4, -0.2) is 18.1 Å². The van der Waals surface area contributed by atoms with Gasteiger partial charge in [-0.05, 0) is 0 Å². The third-order valence-electron chi connectivity index (χ3n) is 1.16. The molecule has 1 aromatic heterocycles. The molecule has 58 valence electrons. The fourth-order valence-electron chi connectivity index (χ4n) is 0.589. The minimum Gasteiger partial charge on any atom is -0.465 e. The smallest absolute Gasteiger partial charge is 0.338 e. The molecule has 0 radical (unpaired) electrons. The van der Waals surface area contributed by atoms with Crippen LogP contribution in [0.5, 0.6) is 0 Å². The molecule has 0 unspecified atom stereocenters. The third-order valence-corrected chi connectivity index (χ3v) is 1.99. The number of thiazole rings is 1. The lowest BCUT2D eigenvalue weighted by molar-refractivity contribution is -0.133. The number of hydrogen-bond donors (Lipinski definition) is 0. The summed E-state index contributed by atoms with van der Waals surface area (Å²) in [5.74, 6) is -0.408. The molecular weight excluding hydrogens is 162 g/mol. The monoisotopic (exact) mass is 169 g/mol. The lowest BCUT2D eigenvalue weighted by Crippen LogP contribution is -2.00. The van der Waals surface area contributed by atoms with Gasteiger partial charge in [-0.1, -0.05) is 6.58 Å². The minimum absolute atomic E-state index is 0.356. The first-order chi connectivity index (χ1) is 5.25. The molecule has 0 atom stereocenters. The molecule has 0 bridgehead atoms. The number of methoxy groups -OCH3 is 1. The molecule has 0 saturated heterocycles. The predicted octanol–water partition coefficient (Wildman–Crippen LogP) is 1.33. The van der Waals surface area contributed by atoms with Gasteiger partial charge in [-0.3, -0.25) is 4.98 Å². The van der Waals surface area contributed by atoms with E-state index in [4.69, 9.17) is 0 Å². The van der Waals surface area contributed by atoms with Gasteiger partial charge in [0.15, 0.2) is 0 Å². The number of nitrogens with zero attached hydrogens (tertiary/aromatic N) is 1. The molecule has 0 saturated carbocycles. The van der Waals surface area contributed by atoms with E-state index in [0.717, 1.165) is 4.88 Å². The van der Waals surface area contributed by atoms with Crippen LogP contribution in [0, 0.1) is 0 Å². The summed E-state index contributed by atoms with van der Waals surface area (Å²) in [7, 11) is 1.33. The molecule has 11 heavy (non-hydrogen) atoms. The Bertz CT molecular complexity index is 266. The first kappa shape index (κ1) is 7.94. The van der Waals surface area contributed by atoms with Crippen molar-refractivity contribution in [3.05, 3.63) is 23.2 Å². The summed E-state index contributed by atoms with van der Waals surface area (Å²) in [6.45, 7) is 3.56. The Morgan fingerprint density at radius 2 is 2.55 bits per heavy atom. The predicted molar refractivity (Wildman–Crippen MR) is 43.2 cm³/mol. The van der Waals surface area contributed by atoms with E-state index >= 15 is 0 Å². The molecule has 0 aliphatic rings. The molecule has 4 heteroatoms. The van der Waals surface area contributed by atoms with Crippen LogP contribution < -0.4 is 0 Å². The third kappa shape index (κ3) is 1.65. The highest BCUT2D eigenvalue weighted by Gasteiger charge is 2.09. The number of aromatic nitrogens is 1. The average molecular weight is 169 g/mol.